The molecule has 104 valence electrons. The third kappa shape index (κ3) is 2.64. The fourth-order valence-corrected chi connectivity index (χ4v) is 2.18. The van der Waals surface area contributed by atoms with Crippen molar-refractivity contribution in [2.45, 2.75) is 6.54 Å². The summed E-state index contributed by atoms with van der Waals surface area (Å²) in [6.45, 7) is 1.91. The summed E-state index contributed by atoms with van der Waals surface area (Å²) in [5.41, 5.74) is 2.14. The number of para-hydroxylation sites is 1. The van der Waals surface area contributed by atoms with Crippen LogP contribution < -0.4 is 19.5 Å². The molecule has 0 fully saturated rings. The van der Waals surface area contributed by atoms with E-state index >= 15 is 0 Å². The molecule has 0 amide bonds. The van der Waals surface area contributed by atoms with Crippen LogP contribution in [0.4, 0.5) is 5.69 Å². The summed E-state index contributed by atoms with van der Waals surface area (Å²) in [6, 6.07) is 13.8. The number of ether oxygens (including phenoxy) is 3. The Balaban J connectivity index is 1.71. The minimum absolute atomic E-state index is 0.604. The first-order valence-electron chi connectivity index (χ1n) is 6.62. The zero-order valence-corrected chi connectivity index (χ0v) is 11.4. The third-order valence-electron chi connectivity index (χ3n) is 3.22. The van der Waals surface area contributed by atoms with Gasteiger partial charge in [0.25, 0.3) is 0 Å². The van der Waals surface area contributed by atoms with Crippen molar-refractivity contribution in [2.75, 3.05) is 25.6 Å². The Morgan fingerprint density at radius 1 is 1.05 bits per heavy atom. The summed E-state index contributed by atoms with van der Waals surface area (Å²) in [5, 5.41) is 3.37. The van der Waals surface area contributed by atoms with Gasteiger partial charge in [-0.1, -0.05) is 12.1 Å². The van der Waals surface area contributed by atoms with E-state index in [0.717, 1.165) is 28.5 Å². The average molecular weight is 271 g/mol. The lowest BCUT2D eigenvalue weighted by Crippen LogP contribution is -2.17. The standard InChI is InChI=1S/C16H17NO3/c1-18-14-7-5-13(6-8-14)17-11-12-3-2-4-15-16(12)20-10-9-19-15/h2-8,17H,9-11H2,1H3. The number of anilines is 1. The van der Waals surface area contributed by atoms with Crippen LogP contribution in [0.25, 0.3) is 0 Å². The molecule has 0 aliphatic carbocycles. The molecule has 0 unspecified atom stereocenters. The molecular weight excluding hydrogens is 254 g/mol. The van der Waals surface area contributed by atoms with Gasteiger partial charge in [-0.25, -0.2) is 0 Å². The van der Waals surface area contributed by atoms with Gasteiger partial charge in [-0.2, -0.15) is 0 Å². The van der Waals surface area contributed by atoms with Crippen LogP contribution in [0, 0.1) is 0 Å². The molecule has 4 heteroatoms. The Kier molecular flexibility index (Phi) is 3.63. The minimum Gasteiger partial charge on any atom is -0.497 e. The molecule has 0 saturated carbocycles. The maximum atomic E-state index is 5.69. The van der Waals surface area contributed by atoms with Gasteiger partial charge in [0.2, 0.25) is 0 Å². The maximum absolute atomic E-state index is 5.69. The maximum Gasteiger partial charge on any atom is 0.166 e. The highest BCUT2D eigenvalue weighted by molar-refractivity contribution is 5.51. The van der Waals surface area contributed by atoms with Gasteiger partial charge in [0, 0.05) is 17.8 Å². The van der Waals surface area contributed by atoms with Gasteiger partial charge in [0.15, 0.2) is 11.5 Å². The van der Waals surface area contributed by atoms with E-state index in [1.54, 1.807) is 7.11 Å². The number of rotatable bonds is 4. The van der Waals surface area contributed by atoms with E-state index in [2.05, 4.69) is 5.32 Å². The molecule has 0 atom stereocenters. The number of methoxy groups -OCH3 is 1. The largest absolute Gasteiger partial charge is 0.497 e. The first-order valence-corrected chi connectivity index (χ1v) is 6.62. The van der Waals surface area contributed by atoms with Crippen LogP contribution in [0.15, 0.2) is 42.5 Å². The lowest BCUT2D eigenvalue weighted by Gasteiger charge is -2.21. The smallest absolute Gasteiger partial charge is 0.166 e. The van der Waals surface area contributed by atoms with E-state index in [9.17, 15) is 0 Å². The van der Waals surface area contributed by atoms with Crippen molar-refractivity contribution >= 4 is 5.69 Å². The average Bonchev–Trinajstić information content (AvgIpc) is 2.53. The zero-order valence-electron chi connectivity index (χ0n) is 11.4. The highest BCUT2D eigenvalue weighted by Gasteiger charge is 2.14. The second kappa shape index (κ2) is 5.74. The van der Waals surface area contributed by atoms with Gasteiger partial charge in [-0.05, 0) is 30.3 Å². The summed E-state index contributed by atoms with van der Waals surface area (Å²) in [4.78, 5) is 0. The Morgan fingerprint density at radius 3 is 2.65 bits per heavy atom. The van der Waals surface area contributed by atoms with E-state index in [-0.39, 0.29) is 0 Å². The SMILES string of the molecule is COc1ccc(NCc2cccc3c2OCCO3)cc1. The zero-order chi connectivity index (χ0) is 13.8. The summed E-state index contributed by atoms with van der Waals surface area (Å²) < 4.78 is 16.4. The quantitative estimate of drug-likeness (QED) is 0.927. The van der Waals surface area contributed by atoms with Crippen molar-refractivity contribution in [1.29, 1.82) is 0 Å². The molecule has 1 aliphatic heterocycles. The van der Waals surface area contributed by atoms with Crippen LogP contribution in [-0.4, -0.2) is 20.3 Å². The van der Waals surface area contributed by atoms with Gasteiger partial charge in [0.1, 0.15) is 19.0 Å². The van der Waals surface area contributed by atoms with Crippen LogP contribution in [0.5, 0.6) is 17.2 Å². The lowest BCUT2D eigenvalue weighted by atomic mass is 10.1. The highest BCUT2D eigenvalue weighted by atomic mass is 16.6. The molecule has 0 saturated heterocycles. The van der Waals surface area contributed by atoms with Gasteiger partial charge in [-0.15, -0.1) is 0 Å². The van der Waals surface area contributed by atoms with Crippen LogP contribution in [0.2, 0.25) is 0 Å². The molecule has 0 bridgehead atoms. The van der Waals surface area contributed by atoms with Crippen molar-refractivity contribution < 1.29 is 14.2 Å². The van der Waals surface area contributed by atoms with Crippen molar-refractivity contribution in [3.05, 3.63) is 48.0 Å². The normalized spacial score (nSPS) is 12.8. The van der Waals surface area contributed by atoms with Crippen LogP contribution in [-0.2, 0) is 6.54 Å². The second-order valence-corrected chi connectivity index (χ2v) is 4.52. The summed E-state index contributed by atoms with van der Waals surface area (Å²) in [6.07, 6.45) is 0. The van der Waals surface area contributed by atoms with Crippen molar-refractivity contribution in [3.8, 4) is 17.2 Å². The number of benzene rings is 2. The van der Waals surface area contributed by atoms with Gasteiger partial charge < -0.3 is 19.5 Å². The van der Waals surface area contributed by atoms with E-state index in [1.165, 1.54) is 0 Å². The first kappa shape index (κ1) is 12.7. The molecule has 2 aromatic rings. The fourth-order valence-electron chi connectivity index (χ4n) is 2.18. The van der Waals surface area contributed by atoms with Gasteiger partial charge in [0.05, 0.1) is 7.11 Å². The molecule has 3 rings (SSSR count). The first-order chi connectivity index (χ1) is 9.86. The van der Waals surface area contributed by atoms with Crippen LogP contribution >= 0.6 is 0 Å². The molecule has 0 aromatic heterocycles. The van der Waals surface area contributed by atoms with E-state index in [1.807, 2.05) is 42.5 Å². The molecule has 20 heavy (non-hydrogen) atoms. The number of nitrogens with one attached hydrogen (secondary N) is 1. The Hall–Kier alpha value is -2.36. The molecular formula is C16H17NO3. The molecule has 1 N–H and O–H groups in total. The molecule has 0 spiro atoms. The Morgan fingerprint density at radius 2 is 1.85 bits per heavy atom. The van der Waals surface area contributed by atoms with Crippen molar-refractivity contribution in [1.82, 2.24) is 0 Å². The molecule has 0 radical (unpaired) electrons. The molecule has 4 nitrogen and oxygen atoms in total. The summed E-state index contributed by atoms with van der Waals surface area (Å²) in [5.74, 6) is 2.52. The minimum atomic E-state index is 0.604. The third-order valence-corrected chi connectivity index (χ3v) is 3.22. The van der Waals surface area contributed by atoms with Gasteiger partial charge in [-0.3, -0.25) is 0 Å². The lowest BCUT2D eigenvalue weighted by molar-refractivity contribution is 0.170. The van der Waals surface area contributed by atoms with Crippen LogP contribution in [0.1, 0.15) is 5.56 Å². The highest BCUT2D eigenvalue weighted by Crippen LogP contribution is 2.33. The number of hydrogen-bond donors (Lipinski definition) is 1. The predicted octanol–water partition coefficient (Wildman–Crippen LogP) is 3.08. The van der Waals surface area contributed by atoms with E-state index in [4.69, 9.17) is 14.2 Å². The fraction of sp³-hybridized carbons (Fsp3) is 0.250. The topological polar surface area (TPSA) is 39.7 Å². The number of fused-ring (bicyclic) bond motifs is 1. The van der Waals surface area contributed by atoms with Crippen molar-refractivity contribution in [2.24, 2.45) is 0 Å². The Labute approximate surface area is 118 Å². The molecule has 1 heterocycles. The van der Waals surface area contributed by atoms with E-state index in [0.29, 0.717) is 19.8 Å². The monoisotopic (exact) mass is 271 g/mol. The van der Waals surface area contributed by atoms with Crippen LogP contribution in [0.3, 0.4) is 0 Å². The second-order valence-electron chi connectivity index (χ2n) is 4.52. The molecule has 1 aliphatic rings. The van der Waals surface area contributed by atoms with Crippen molar-refractivity contribution in [3.63, 3.8) is 0 Å². The Bertz CT molecular complexity index is 581. The summed E-state index contributed by atoms with van der Waals surface area (Å²) >= 11 is 0. The molecule has 2 aromatic carbocycles. The van der Waals surface area contributed by atoms with Gasteiger partial charge >= 0.3 is 0 Å². The summed E-state index contributed by atoms with van der Waals surface area (Å²) in [7, 11) is 1.66. The van der Waals surface area contributed by atoms with E-state index < -0.39 is 0 Å². The predicted molar refractivity (Wildman–Crippen MR) is 77.8 cm³/mol. The number of hydrogen-bond acceptors (Lipinski definition) is 4.